The second-order valence-electron chi connectivity index (χ2n) is 2.88. The first-order valence-corrected chi connectivity index (χ1v) is 5.28. The van der Waals surface area contributed by atoms with Crippen molar-refractivity contribution in [3.8, 4) is 11.2 Å². The molecule has 0 aromatic carbocycles. The van der Waals surface area contributed by atoms with Crippen LogP contribution in [0.5, 0.6) is 0 Å². The lowest BCUT2D eigenvalue weighted by Crippen LogP contribution is -2.50. The number of methoxy groups -OCH3 is 1. The third kappa shape index (κ3) is 4.65. The molecular weight excluding hydrogens is 244 g/mol. The normalized spacial score (nSPS) is 8.47. The Labute approximate surface area is 104 Å². The molecule has 0 saturated carbocycles. The van der Waals surface area contributed by atoms with E-state index in [9.17, 15) is 9.59 Å². The predicted octanol–water partition coefficient (Wildman–Crippen LogP) is 0.890. The van der Waals surface area contributed by atoms with Crippen LogP contribution in [0.1, 0.15) is 6.92 Å². The molecule has 0 fully saturated rings. The Morgan fingerprint density at radius 2 is 2.00 bits per heavy atom. The van der Waals surface area contributed by atoms with Gasteiger partial charge in [-0.1, -0.05) is 5.92 Å². The summed E-state index contributed by atoms with van der Waals surface area (Å²) in [5, 5.41) is 9.91. The molecule has 2 N–H and O–H groups in total. The van der Waals surface area contributed by atoms with Gasteiger partial charge in [-0.2, -0.15) is 4.90 Å². The van der Waals surface area contributed by atoms with E-state index < -0.39 is 18.1 Å². The van der Waals surface area contributed by atoms with Crippen molar-refractivity contribution >= 4 is 30.0 Å². The van der Waals surface area contributed by atoms with E-state index >= 15 is 0 Å². The molecule has 0 aliphatic heterocycles. The molecule has 0 rings (SSSR count). The number of hydrogen-bond acceptors (Lipinski definition) is 5. The molecule has 0 unspecified atom stereocenters. The minimum Gasteiger partial charge on any atom is -0.468 e. The van der Waals surface area contributed by atoms with Crippen molar-refractivity contribution in [2.45, 2.75) is 6.92 Å². The van der Waals surface area contributed by atoms with Gasteiger partial charge in [0.25, 0.3) is 0 Å². The number of carbonyl (C=O) groups is 2. The van der Waals surface area contributed by atoms with Crippen LogP contribution in [-0.2, 0) is 4.74 Å². The number of amidine groups is 1. The Balaban J connectivity index is 4.78. The summed E-state index contributed by atoms with van der Waals surface area (Å²) in [6.45, 7) is 1.61. The molecule has 0 aliphatic carbocycles. The number of hydrogen-bond donors (Lipinski definition) is 2. The minimum atomic E-state index is -0.789. The zero-order chi connectivity index (χ0) is 13.4. The molecule has 0 radical (unpaired) electrons. The zero-order valence-electron chi connectivity index (χ0n) is 10.0. The molecule has 8 heteroatoms. The monoisotopic (exact) mass is 258 g/mol. The molecule has 7 nitrogen and oxygen atoms in total. The molecule has 17 heavy (non-hydrogen) atoms. The van der Waals surface area contributed by atoms with Gasteiger partial charge in [0, 0.05) is 26.0 Å². The fourth-order valence-corrected chi connectivity index (χ4v) is 1.05. The summed E-state index contributed by atoms with van der Waals surface area (Å²) in [6, 6.07) is -2.03. The molecule has 94 valence electrons. The van der Waals surface area contributed by atoms with E-state index in [2.05, 4.69) is 20.6 Å². The molecule has 0 aliphatic rings. The quantitative estimate of drug-likeness (QED) is 0.316. The number of nitrogens with zero attached hydrogens (tertiary/aromatic N) is 2. The standard InChI is InChI=1S/C9H14N4O3S/c1-5-6-17-11-8(14)13(7(10)16-4)9(15)12(2)3/h10H,1-4H3,(H,11,14). The van der Waals surface area contributed by atoms with Crippen LogP contribution in [0.25, 0.3) is 0 Å². The first-order chi connectivity index (χ1) is 7.95. The molecule has 0 saturated heterocycles. The summed E-state index contributed by atoms with van der Waals surface area (Å²) >= 11 is 0.821. The first-order valence-electron chi connectivity index (χ1n) is 4.47. The van der Waals surface area contributed by atoms with Crippen molar-refractivity contribution in [3.05, 3.63) is 0 Å². The van der Waals surface area contributed by atoms with Crippen LogP contribution in [0.4, 0.5) is 9.59 Å². The third-order valence-corrected chi connectivity index (χ3v) is 2.05. The van der Waals surface area contributed by atoms with Gasteiger partial charge < -0.3 is 9.64 Å². The Morgan fingerprint density at radius 3 is 2.41 bits per heavy atom. The smallest absolute Gasteiger partial charge is 0.344 e. The fourth-order valence-electron chi connectivity index (χ4n) is 0.723. The molecule has 0 aromatic rings. The van der Waals surface area contributed by atoms with Gasteiger partial charge in [0.05, 0.1) is 7.11 Å². The van der Waals surface area contributed by atoms with Crippen LogP contribution in [0.3, 0.4) is 0 Å². The van der Waals surface area contributed by atoms with E-state index in [-0.39, 0.29) is 0 Å². The van der Waals surface area contributed by atoms with Gasteiger partial charge in [0.15, 0.2) is 0 Å². The molecule has 0 aromatic heterocycles. The van der Waals surface area contributed by atoms with Crippen molar-refractivity contribution in [1.82, 2.24) is 14.5 Å². The number of rotatable bonds is 1. The largest absolute Gasteiger partial charge is 0.468 e. The first kappa shape index (κ1) is 15.1. The van der Waals surface area contributed by atoms with Gasteiger partial charge in [-0.25, -0.2) is 9.59 Å². The highest BCUT2D eigenvalue weighted by atomic mass is 32.2. The van der Waals surface area contributed by atoms with Crippen LogP contribution in [0, 0.1) is 16.6 Å². The van der Waals surface area contributed by atoms with Gasteiger partial charge >= 0.3 is 18.1 Å². The second kappa shape index (κ2) is 7.40. The molecule has 0 heterocycles. The van der Waals surface area contributed by atoms with Gasteiger partial charge in [-0.05, 0) is 12.2 Å². The predicted molar refractivity (Wildman–Crippen MR) is 65.2 cm³/mol. The average molecular weight is 258 g/mol. The summed E-state index contributed by atoms with van der Waals surface area (Å²) in [5.74, 6) is 2.56. The zero-order valence-corrected chi connectivity index (χ0v) is 10.8. The van der Waals surface area contributed by atoms with Crippen LogP contribution < -0.4 is 4.72 Å². The van der Waals surface area contributed by atoms with Crippen LogP contribution in [-0.4, -0.2) is 49.1 Å². The summed E-state index contributed by atoms with van der Waals surface area (Å²) < 4.78 is 6.86. The van der Waals surface area contributed by atoms with E-state index in [1.807, 2.05) is 0 Å². The number of ether oxygens (including phenoxy) is 1. The summed E-state index contributed by atoms with van der Waals surface area (Å²) in [4.78, 5) is 25.0. The lowest BCUT2D eigenvalue weighted by Gasteiger charge is -2.22. The lowest BCUT2D eigenvalue weighted by atomic mass is 10.6. The SMILES string of the molecule is CC#CSNC(=O)N(C(=N)OC)C(=O)N(C)C. The summed E-state index contributed by atoms with van der Waals surface area (Å²) in [7, 11) is 4.12. The Hall–Kier alpha value is -1.88. The Morgan fingerprint density at radius 1 is 1.41 bits per heavy atom. The summed E-state index contributed by atoms with van der Waals surface area (Å²) in [5.41, 5.74) is 0. The van der Waals surface area contributed by atoms with E-state index in [4.69, 9.17) is 5.41 Å². The third-order valence-electron chi connectivity index (χ3n) is 1.46. The van der Waals surface area contributed by atoms with Crippen molar-refractivity contribution < 1.29 is 14.3 Å². The van der Waals surface area contributed by atoms with Gasteiger partial charge in [-0.15, -0.1) is 0 Å². The maximum absolute atomic E-state index is 11.6. The highest BCUT2D eigenvalue weighted by molar-refractivity contribution is 8.02. The van der Waals surface area contributed by atoms with E-state index in [1.165, 1.54) is 21.2 Å². The van der Waals surface area contributed by atoms with Crippen molar-refractivity contribution in [2.24, 2.45) is 0 Å². The van der Waals surface area contributed by atoms with E-state index in [0.29, 0.717) is 4.90 Å². The van der Waals surface area contributed by atoms with Gasteiger partial charge in [0.2, 0.25) is 0 Å². The van der Waals surface area contributed by atoms with Crippen molar-refractivity contribution in [1.29, 1.82) is 5.41 Å². The Bertz CT molecular complexity index is 372. The number of urea groups is 2. The highest BCUT2D eigenvalue weighted by Gasteiger charge is 2.28. The molecule has 0 spiro atoms. The van der Waals surface area contributed by atoms with Crippen LogP contribution >= 0.6 is 11.9 Å². The number of carbonyl (C=O) groups excluding carboxylic acids is 2. The molecule has 4 amide bonds. The minimum absolute atomic E-state index is 0.560. The molecule has 0 atom stereocenters. The van der Waals surface area contributed by atoms with Crippen molar-refractivity contribution in [2.75, 3.05) is 21.2 Å². The van der Waals surface area contributed by atoms with Gasteiger partial charge in [0.1, 0.15) is 0 Å². The molecule has 0 bridgehead atoms. The van der Waals surface area contributed by atoms with E-state index in [1.54, 1.807) is 6.92 Å². The topological polar surface area (TPSA) is 85.7 Å². The maximum Gasteiger partial charge on any atom is 0.344 e. The van der Waals surface area contributed by atoms with Gasteiger partial charge in [-0.3, -0.25) is 10.1 Å². The molecular formula is C9H14N4O3S. The lowest BCUT2D eigenvalue weighted by molar-refractivity contribution is 0.180. The van der Waals surface area contributed by atoms with Crippen molar-refractivity contribution in [3.63, 3.8) is 0 Å². The fraction of sp³-hybridized carbons (Fsp3) is 0.444. The summed E-state index contributed by atoms with van der Waals surface area (Å²) in [6.07, 6.45) is 0. The van der Waals surface area contributed by atoms with Crippen LogP contribution in [0.2, 0.25) is 0 Å². The highest BCUT2D eigenvalue weighted by Crippen LogP contribution is 2.01. The van der Waals surface area contributed by atoms with Crippen LogP contribution in [0.15, 0.2) is 0 Å². The van der Waals surface area contributed by atoms with E-state index in [0.717, 1.165) is 16.8 Å². The number of imide groups is 1. The maximum atomic E-state index is 11.6. The average Bonchev–Trinajstić information content (AvgIpc) is 2.29. The number of nitrogens with one attached hydrogen (secondary N) is 2. The second-order valence-corrected chi connectivity index (χ2v) is 3.50. The Kier molecular flexibility index (Phi) is 6.58. The number of amides is 4.